The minimum Gasteiger partial charge on any atom is -0.494 e. The van der Waals surface area contributed by atoms with Crippen molar-refractivity contribution in [3.05, 3.63) is 60.2 Å². The minimum atomic E-state index is 0.113. The lowest BCUT2D eigenvalue weighted by Gasteiger charge is -2.52. The van der Waals surface area contributed by atoms with Gasteiger partial charge in [-0.05, 0) is 79.7 Å². The van der Waals surface area contributed by atoms with Crippen LogP contribution >= 0.6 is 0 Å². The third kappa shape index (κ3) is 4.25. The quantitative estimate of drug-likeness (QED) is 0.210. The van der Waals surface area contributed by atoms with Gasteiger partial charge in [0.2, 0.25) is 0 Å². The van der Waals surface area contributed by atoms with Gasteiger partial charge in [0, 0.05) is 81.3 Å². The Hall–Kier alpha value is -4.80. The zero-order chi connectivity index (χ0) is 32.1. The fourth-order valence-electron chi connectivity index (χ4n) is 9.21. The monoisotopic (exact) mass is 641 g/mol. The van der Waals surface area contributed by atoms with Gasteiger partial charge >= 0.3 is 0 Å². The number of hydrogen-bond donors (Lipinski definition) is 0. The van der Waals surface area contributed by atoms with Crippen molar-refractivity contribution in [2.45, 2.75) is 44.8 Å². The number of likely N-dealkylation sites (tertiary alicyclic amines) is 1. The van der Waals surface area contributed by atoms with Gasteiger partial charge in [-0.15, -0.1) is 0 Å². The molecule has 10 rings (SSSR count). The van der Waals surface area contributed by atoms with E-state index in [-0.39, 0.29) is 5.91 Å². The molecule has 11 nitrogen and oxygen atoms in total. The number of aliphatic imine (C=N–C) groups is 1. The molecular weight excluding hydrogens is 602 g/mol. The molecule has 3 unspecified atom stereocenters. The molecule has 11 heteroatoms. The molecule has 3 saturated carbocycles. The average Bonchev–Trinajstić information content (AvgIpc) is 3.72. The van der Waals surface area contributed by atoms with Crippen LogP contribution in [0.15, 0.2) is 54.0 Å². The molecule has 0 spiro atoms. The van der Waals surface area contributed by atoms with Gasteiger partial charge in [0.25, 0.3) is 5.91 Å². The van der Waals surface area contributed by atoms with Crippen molar-refractivity contribution in [1.29, 1.82) is 0 Å². The largest absolute Gasteiger partial charge is 0.494 e. The molecule has 0 radical (unpaired) electrons. The van der Waals surface area contributed by atoms with Crippen LogP contribution in [0.2, 0.25) is 0 Å². The van der Waals surface area contributed by atoms with E-state index < -0.39 is 0 Å². The molecule has 3 aliphatic carbocycles. The number of carbonyl (C=O) groups excluding carboxylic acids is 1. The van der Waals surface area contributed by atoms with Crippen molar-refractivity contribution < 1.29 is 9.53 Å². The van der Waals surface area contributed by atoms with Crippen LogP contribution in [0.1, 0.15) is 41.6 Å². The fourth-order valence-corrected chi connectivity index (χ4v) is 9.21. The first kappa shape index (κ1) is 28.2. The van der Waals surface area contributed by atoms with E-state index in [1.54, 1.807) is 20.5 Å². The van der Waals surface area contributed by atoms with Crippen LogP contribution in [-0.4, -0.2) is 85.9 Å². The summed E-state index contributed by atoms with van der Waals surface area (Å²) in [6.45, 7) is 4.27. The highest BCUT2D eigenvalue weighted by Gasteiger charge is 2.61. The zero-order valence-corrected chi connectivity index (χ0v) is 27.4. The molecule has 2 aliphatic heterocycles. The second-order valence-electron chi connectivity index (χ2n) is 14.6. The number of hydrogen-bond acceptors (Lipinski definition) is 8. The smallest absolute Gasteiger partial charge is 0.254 e. The first-order valence-electron chi connectivity index (χ1n) is 17.4. The molecule has 0 bridgehead atoms. The summed E-state index contributed by atoms with van der Waals surface area (Å²) in [5, 5.41) is 1.11. The summed E-state index contributed by atoms with van der Waals surface area (Å²) in [5.41, 5.74) is 5.38. The van der Waals surface area contributed by atoms with E-state index in [1.165, 1.54) is 19.3 Å². The number of fused-ring (bicyclic) bond motifs is 2. The van der Waals surface area contributed by atoms with Crippen LogP contribution < -0.4 is 9.64 Å². The maximum Gasteiger partial charge on any atom is 0.254 e. The van der Waals surface area contributed by atoms with Gasteiger partial charge in [0.05, 0.1) is 23.9 Å². The molecular formula is C37H39N9O2. The van der Waals surface area contributed by atoms with Crippen molar-refractivity contribution in [2.24, 2.45) is 34.6 Å². The first-order valence-corrected chi connectivity index (χ1v) is 17.4. The normalized spacial score (nSPS) is 24.6. The number of ether oxygens (including phenoxy) is 1. The Bertz CT molecular complexity index is 2120. The Morgan fingerprint density at radius 2 is 1.92 bits per heavy atom. The summed E-state index contributed by atoms with van der Waals surface area (Å²) in [5.74, 6) is 5.88. The van der Waals surface area contributed by atoms with Crippen LogP contribution in [-0.2, 0) is 13.1 Å². The van der Waals surface area contributed by atoms with Crippen LogP contribution in [0.3, 0.4) is 0 Å². The van der Waals surface area contributed by atoms with Crippen LogP contribution in [0.5, 0.6) is 5.75 Å². The van der Waals surface area contributed by atoms with Crippen LogP contribution in [0.4, 0.5) is 5.82 Å². The van der Waals surface area contributed by atoms with Crippen molar-refractivity contribution in [2.75, 3.05) is 38.7 Å². The number of imidazole rings is 1. The molecule has 1 amide bonds. The van der Waals surface area contributed by atoms with Gasteiger partial charge in [-0.3, -0.25) is 9.79 Å². The number of rotatable bonds is 9. The lowest BCUT2D eigenvalue weighted by atomic mass is 9.53. The van der Waals surface area contributed by atoms with E-state index in [9.17, 15) is 4.79 Å². The maximum absolute atomic E-state index is 14.1. The lowest BCUT2D eigenvalue weighted by molar-refractivity contribution is -0.0204. The van der Waals surface area contributed by atoms with Gasteiger partial charge in [-0.2, -0.15) is 0 Å². The number of nitrogens with zero attached hydrogens (tertiary/aromatic N) is 9. The molecule has 1 aromatic carbocycles. The van der Waals surface area contributed by atoms with E-state index in [0.29, 0.717) is 35.1 Å². The topological polar surface area (TPSA) is 107 Å². The maximum atomic E-state index is 14.1. The average molecular weight is 642 g/mol. The number of pyridine rings is 1. The number of carbonyl (C=O) groups is 1. The Labute approximate surface area is 278 Å². The highest BCUT2D eigenvalue weighted by molar-refractivity contribution is 6.00. The highest BCUT2D eigenvalue weighted by Crippen LogP contribution is 2.60. The lowest BCUT2D eigenvalue weighted by Crippen LogP contribution is -2.53. The minimum absolute atomic E-state index is 0.113. The van der Waals surface area contributed by atoms with Gasteiger partial charge < -0.3 is 23.7 Å². The van der Waals surface area contributed by atoms with Gasteiger partial charge in [-0.1, -0.05) is 0 Å². The number of aromatic nitrogens is 6. The van der Waals surface area contributed by atoms with Gasteiger partial charge in [-0.25, -0.2) is 19.9 Å². The number of amides is 1. The van der Waals surface area contributed by atoms with E-state index in [4.69, 9.17) is 14.7 Å². The number of methoxy groups -OCH3 is 1. The molecule has 5 fully saturated rings. The molecule has 244 valence electrons. The summed E-state index contributed by atoms with van der Waals surface area (Å²) >= 11 is 0. The Morgan fingerprint density at radius 1 is 1.04 bits per heavy atom. The predicted molar refractivity (Wildman–Crippen MR) is 184 cm³/mol. The van der Waals surface area contributed by atoms with E-state index in [2.05, 4.69) is 46.0 Å². The summed E-state index contributed by atoms with van der Waals surface area (Å²) < 4.78 is 10.8. The molecule has 4 atom stereocenters. The number of benzene rings is 1. The predicted octanol–water partition coefficient (Wildman–Crippen LogP) is 4.93. The van der Waals surface area contributed by atoms with Crippen LogP contribution in [0.25, 0.3) is 33.6 Å². The van der Waals surface area contributed by atoms with Crippen molar-refractivity contribution in [3.8, 4) is 17.3 Å². The summed E-state index contributed by atoms with van der Waals surface area (Å²) in [4.78, 5) is 41.6. The third-order valence-electron chi connectivity index (χ3n) is 11.8. The van der Waals surface area contributed by atoms with E-state index in [0.717, 1.165) is 95.9 Å². The van der Waals surface area contributed by atoms with E-state index >= 15 is 0 Å². The molecule has 0 N–H and O–H groups in total. The van der Waals surface area contributed by atoms with Crippen LogP contribution in [0, 0.1) is 29.6 Å². The van der Waals surface area contributed by atoms with Gasteiger partial charge in [0.15, 0.2) is 5.82 Å². The standard InChI is InChI=1S/C37H39N9O2/c1-38-13-27-14-39-20-41-34(27)43-15-22(16-43)18-46-33-28(42-36(46)30-10-23-4-3-7-40-35(23)44(30)17-21-5-6-21)9-25(12-31(33)48-2)37(47)45-19-26-8-24-11-29(45)32(24)26/h3-4,7,9-10,12-14,20-22,24,26,29,32H,5-6,8,11,15-19H2,1-2H3/t24?,26?,29?,32-/m1/s1. The van der Waals surface area contributed by atoms with Crippen molar-refractivity contribution in [1.82, 2.24) is 34.0 Å². The number of anilines is 1. The van der Waals surface area contributed by atoms with Crippen molar-refractivity contribution >= 4 is 40.0 Å². The Balaban J connectivity index is 1.06. The summed E-state index contributed by atoms with van der Waals surface area (Å²) in [6.07, 6.45) is 12.0. The van der Waals surface area contributed by atoms with E-state index in [1.807, 2.05) is 36.8 Å². The molecule has 4 aromatic heterocycles. The second kappa shape index (κ2) is 10.6. The zero-order valence-electron chi connectivity index (χ0n) is 27.4. The van der Waals surface area contributed by atoms with Crippen molar-refractivity contribution in [3.63, 3.8) is 0 Å². The second-order valence-corrected chi connectivity index (χ2v) is 14.6. The SMILES string of the molecule is CN=Cc1cncnc1N1CC(Cn2c(-c3cc4cccnc4n3CC3CC3)nc3cc(C(=O)N4CC5CC6CC4[C@H]65)cc(OC)c32)C1. The summed E-state index contributed by atoms with van der Waals surface area (Å²) in [7, 11) is 3.47. The fraction of sp³-hybridized carbons (Fsp3) is 0.459. The molecule has 48 heavy (non-hydrogen) atoms. The first-order chi connectivity index (χ1) is 23.6. The Kier molecular flexibility index (Phi) is 6.24. The molecule has 5 aromatic rings. The highest BCUT2D eigenvalue weighted by atomic mass is 16.5. The molecule has 5 aliphatic rings. The molecule has 2 saturated heterocycles. The third-order valence-corrected chi connectivity index (χ3v) is 11.8. The van der Waals surface area contributed by atoms with Gasteiger partial charge in [0.1, 0.15) is 29.1 Å². The molecule has 6 heterocycles. The summed E-state index contributed by atoms with van der Waals surface area (Å²) in [6, 6.07) is 10.7. The Morgan fingerprint density at radius 3 is 2.71 bits per heavy atom.